The number of hydrogen-bond acceptors (Lipinski definition) is 3. The van der Waals surface area contributed by atoms with Crippen LogP contribution in [0, 0.1) is 5.92 Å². The van der Waals surface area contributed by atoms with Crippen LogP contribution in [0.4, 0.5) is 0 Å². The normalized spacial score (nSPS) is 22.6. The smallest absolute Gasteiger partial charge is 0.0625 e. The van der Waals surface area contributed by atoms with Crippen molar-refractivity contribution in [1.82, 2.24) is 14.7 Å². The van der Waals surface area contributed by atoms with Gasteiger partial charge < -0.3 is 5.73 Å². The van der Waals surface area contributed by atoms with Crippen molar-refractivity contribution in [3.05, 3.63) is 17.5 Å². The molecule has 2 rings (SSSR count). The summed E-state index contributed by atoms with van der Waals surface area (Å²) in [5, 5.41) is 4.63. The average molecular weight is 264 g/mol. The van der Waals surface area contributed by atoms with E-state index in [1.165, 1.54) is 30.8 Å². The van der Waals surface area contributed by atoms with Crippen LogP contribution in [0.2, 0.25) is 0 Å². The number of piperidine rings is 1. The molecule has 0 aromatic carbocycles. The van der Waals surface area contributed by atoms with Gasteiger partial charge in [0.15, 0.2) is 0 Å². The maximum absolute atomic E-state index is 6.06. The van der Waals surface area contributed by atoms with E-state index in [1.807, 2.05) is 0 Å². The van der Waals surface area contributed by atoms with Crippen LogP contribution in [0.5, 0.6) is 0 Å². The summed E-state index contributed by atoms with van der Waals surface area (Å²) >= 11 is 0. The predicted octanol–water partition coefficient (Wildman–Crippen LogP) is 2.02. The maximum atomic E-state index is 6.06. The van der Waals surface area contributed by atoms with Crippen molar-refractivity contribution in [3.63, 3.8) is 0 Å². The van der Waals surface area contributed by atoms with Gasteiger partial charge in [-0.25, -0.2) is 0 Å². The standard InChI is InChI=1S/C15H28N4/c1-4-14-9-15(19(5-2)17-14)11-18-8-6-7-13(10-18)12(3)16/h9,12-13H,4-8,10-11,16H2,1-3H3. The van der Waals surface area contributed by atoms with Gasteiger partial charge in [-0.2, -0.15) is 5.10 Å². The summed E-state index contributed by atoms with van der Waals surface area (Å²) in [5.74, 6) is 0.650. The highest BCUT2D eigenvalue weighted by Crippen LogP contribution is 2.20. The van der Waals surface area contributed by atoms with E-state index in [1.54, 1.807) is 0 Å². The van der Waals surface area contributed by atoms with Crippen molar-refractivity contribution in [2.24, 2.45) is 11.7 Å². The predicted molar refractivity (Wildman–Crippen MR) is 78.9 cm³/mol. The molecule has 4 heteroatoms. The molecule has 2 heterocycles. The number of aryl methyl sites for hydroxylation is 2. The summed E-state index contributed by atoms with van der Waals surface area (Å²) in [6.07, 6.45) is 3.57. The highest BCUT2D eigenvalue weighted by atomic mass is 15.3. The highest BCUT2D eigenvalue weighted by molar-refractivity contribution is 5.10. The first kappa shape index (κ1) is 14.5. The van der Waals surface area contributed by atoms with Crippen LogP contribution in [-0.4, -0.2) is 33.8 Å². The first-order valence-electron chi connectivity index (χ1n) is 7.67. The van der Waals surface area contributed by atoms with Gasteiger partial charge in [0, 0.05) is 25.7 Å². The fraction of sp³-hybridized carbons (Fsp3) is 0.800. The minimum absolute atomic E-state index is 0.310. The van der Waals surface area contributed by atoms with Gasteiger partial charge in [-0.1, -0.05) is 6.92 Å². The van der Waals surface area contributed by atoms with Gasteiger partial charge in [-0.3, -0.25) is 9.58 Å². The molecule has 1 aromatic rings. The molecule has 0 spiro atoms. The van der Waals surface area contributed by atoms with E-state index in [0.717, 1.165) is 26.1 Å². The summed E-state index contributed by atoms with van der Waals surface area (Å²) in [5.41, 5.74) is 8.62. The lowest BCUT2D eigenvalue weighted by atomic mass is 9.92. The molecule has 19 heavy (non-hydrogen) atoms. The third-order valence-corrected chi connectivity index (χ3v) is 4.25. The molecule has 0 radical (unpaired) electrons. The molecular formula is C15H28N4. The Balaban J connectivity index is 2.02. The van der Waals surface area contributed by atoms with E-state index in [-0.39, 0.29) is 0 Å². The van der Waals surface area contributed by atoms with Gasteiger partial charge in [-0.05, 0) is 51.6 Å². The Bertz CT molecular complexity index is 397. The fourth-order valence-electron chi connectivity index (χ4n) is 2.98. The molecule has 1 fully saturated rings. The van der Waals surface area contributed by atoms with Crippen LogP contribution in [0.1, 0.15) is 45.0 Å². The highest BCUT2D eigenvalue weighted by Gasteiger charge is 2.23. The van der Waals surface area contributed by atoms with Crippen LogP contribution in [0.3, 0.4) is 0 Å². The number of nitrogens with two attached hydrogens (primary N) is 1. The van der Waals surface area contributed by atoms with E-state index in [9.17, 15) is 0 Å². The Labute approximate surface area is 117 Å². The number of rotatable bonds is 5. The molecule has 2 atom stereocenters. The van der Waals surface area contributed by atoms with Crippen molar-refractivity contribution in [1.29, 1.82) is 0 Å². The molecule has 1 aromatic heterocycles. The van der Waals surface area contributed by atoms with Crippen LogP contribution < -0.4 is 5.73 Å². The second-order valence-electron chi connectivity index (χ2n) is 5.79. The molecule has 0 saturated carbocycles. The third kappa shape index (κ3) is 3.57. The van der Waals surface area contributed by atoms with Crippen LogP contribution in [-0.2, 0) is 19.5 Å². The summed E-state index contributed by atoms with van der Waals surface area (Å²) < 4.78 is 2.15. The zero-order valence-electron chi connectivity index (χ0n) is 12.6. The fourth-order valence-corrected chi connectivity index (χ4v) is 2.98. The van der Waals surface area contributed by atoms with Crippen LogP contribution in [0.25, 0.3) is 0 Å². The number of aromatic nitrogens is 2. The Kier molecular flexibility index (Phi) is 4.99. The molecule has 1 saturated heterocycles. The lowest BCUT2D eigenvalue weighted by Crippen LogP contribution is -2.42. The molecule has 0 aliphatic carbocycles. The molecule has 2 unspecified atom stereocenters. The topological polar surface area (TPSA) is 47.1 Å². The molecule has 108 valence electrons. The molecule has 2 N–H and O–H groups in total. The lowest BCUT2D eigenvalue weighted by molar-refractivity contribution is 0.151. The van der Waals surface area contributed by atoms with E-state index >= 15 is 0 Å². The zero-order valence-corrected chi connectivity index (χ0v) is 12.6. The van der Waals surface area contributed by atoms with Gasteiger partial charge in [0.1, 0.15) is 0 Å². The van der Waals surface area contributed by atoms with Crippen LogP contribution >= 0.6 is 0 Å². The Morgan fingerprint density at radius 2 is 2.26 bits per heavy atom. The maximum Gasteiger partial charge on any atom is 0.0625 e. The Hall–Kier alpha value is -0.870. The van der Waals surface area contributed by atoms with E-state index in [4.69, 9.17) is 5.73 Å². The lowest BCUT2D eigenvalue weighted by Gasteiger charge is -2.34. The second-order valence-corrected chi connectivity index (χ2v) is 5.79. The number of likely N-dealkylation sites (tertiary alicyclic amines) is 1. The summed E-state index contributed by atoms with van der Waals surface area (Å²) in [6, 6.07) is 2.57. The van der Waals surface area contributed by atoms with Gasteiger partial charge >= 0.3 is 0 Å². The minimum atomic E-state index is 0.310. The Morgan fingerprint density at radius 3 is 2.89 bits per heavy atom. The summed E-state index contributed by atoms with van der Waals surface area (Å²) in [6.45, 7) is 10.8. The van der Waals surface area contributed by atoms with E-state index in [0.29, 0.717) is 12.0 Å². The average Bonchev–Trinajstić information content (AvgIpc) is 2.81. The van der Waals surface area contributed by atoms with Crippen molar-refractivity contribution in [2.75, 3.05) is 13.1 Å². The summed E-state index contributed by atoms with van der Waals surface area (Å²) in [4.78, 5) is 2.54. The van der Waals surface area contributed by atoms with Crippen molar-refractivity contribution >= 4 is 0 Å². The Morgan fingerprint density at radius 1 is 1.47 bits per heavy atom. The quantitative estimate of drug-likeness (QED) is 0.885. The first-order valence-corrected chi connectivity index (χ1v) is 7.67. The van der Waals surface area contributed by atoms with Gasteiger partial charge in [0.05, 0.1) is 11.4 Å². The van der Waals surface area contributed by atoms with Crippen molar-refractivity contribution < 1.29 is 0 Å². The van der Waals surface area contributed by atoms with Gasteiger partial charge in [0.25, 0.3) is 0 Å². The largest absolute Gasteiger partial charge is 0.328 e. The first-order chi connectivity index (χ1) is 9.13. The number of nitrogens with zero attached hydrogens (tertiary/aromatic N) is 3. The van der Waals surface area contributed by atoms with Gasteiger partial charge in [0.2, 0.25) is 0 Å². The zero-order chi connectivity index (χ0) is 13.8. The molecule has 1 aliphatic heterocycles. The third-order valence-electron chi connectivity index (χ3n) is 4.25. The molecular weight excluding hydrogens is 236 g/mol. The van der Waals surface area contributed by atoms with Crippen molar-refractivity contribution in [3.8, 4) is 0 Å². The van der Waals surface area contributed by atoms with E-state index < -0.39 is 0 Å². The second kappa shape index (κ2) is 6.53. The van der Waals surface area contributed by atoms with Crippen LogP contribution in [0.15, 0.2) is 6.07 Å². The summed E-state index contributed by atoms with van der Waals surface area (Å²) in [7, 11) is 0. The monoisotopic (exact) mass is 264 g/mol. The van der Waals surface area contributed by atoms with E-state index in [2.05, 4.69) is 41.5 Å². The minimum Gasteiger partial charge on any atom is -0.328 e. The molecule has 0 bridgehead atoms. The van der Waals surface area contributed by atoms with Gasteiger partial charge in [-0.15, -0.1) is 0 Å². The molecule has 0 amide bonds. The van der Waals surface area contributed by atoms with Crippen molar-refractivity contribution in [2.45, 2.75) is 59.2 Å². The molecule has 1 aliphatic rings. The SMILES string of the molecule is CCc1cc(CN2CCCC(C(C)N)C2)n(CC)n1. The number of hydrogen-bond donors (Lipinski definition) is 1. The molecule has 4 nitrogen and oxygen atoms in total.